The highest BCUT2D eigenvalue weighted by Crippen LogP contribution is 2.26. The number of nitrogens with two attached hydrogens (primary N) is 1. The maximum Gasteiger partial charge on any atom is 0.253 e. The summed E-state index contributed by atoms with van der Waals surface area (Å²) in [5.74, 6) is 0.298. The van der Waals surface area contributed by atoms with Crippen LogP contribution in [0, 0.1) is 5.92 Å². The van der Waals surface area contributed by atoms with Crippen molar-refractivity contribution in [1.29, 1.82) is 0 Å². The number of halogens is 2. The third kappa shape index (κ3) is 4.78. The molecule has 3 nitrogen and oxygen atoms in total. The average Bonchev–Trinajstić information content (AvgIpc) is 2.48. The van der Waals surface area contributed by atoms with Crippen molar-refractivity contribution in [1.82, 2.24) is 5.32 Å². The fourth-order valence-electron chi connectivity index (χ4n) is 2.73. The van der Waals surface area contributed by atoms with Crippen LogP contribution in [0.25, 0.3) is 0 Å². The molecule has 1 aliphatic carbocycles. The van der Waals surface area contributed by atoms with Crippen LogP contribution in [0.1, 0.15) is 36.0 Å². The first-order valence-corrected chi connectivity index (χ1v) is 8.60. The Morgan fingerprint density at radius 2 is 2.14 bits per heavy atom. The Hall–Kier alpha value is -0.420. The molecular formula is C15H22Cl2N2OS. The van der Waals surface area contributed by atoms with E-state index in [1.165, 1.54) is 6.42 Å². The predicted molar refractivity (Wildman–Crippen MR) is 92.7 cm³/mol. The number of thioether (sulfide) groups is 1. The standard InChI is InChI=1S/C15H21ClN2OS.ClH/c1-20-11-6-7-13(16)12(8-11)15(19)18-14-5-3-2-4-10(14)9-17;/h6-8,10,14H,2-5,9,17H2,1H3,(H,18,19);1H. The second-order valence-corrected chi connectivity index (χ2v) is 6.49. The number of hydrogen-bond acceptors (Lipinski definition) is 3. The molecule has 0 saturated heterocycles. The zero-order valence-electron chi connectivity index (χ0n) is 12.1. The monoisotopic (exact) mass is 348 g/mol. The lowest BCUT2D eigenvalue weighted by Gasteiger charge is -2.31. The number of amides is 1. The fourth-order valence-corrected chi connectivity index (χ4v) is 3.37. The minimum absolute atomic E-state index is 0. The van der Waals surface area contributed by atoms with Crippen molar-refractivity contribution in [3.63, 3.8) is 0 Å². The molecule has 6 heteroatoms. The second-order valence-electron chi connectivity index (χ2n) is 5.21. The predicted octanol–water partition coefficient (Wildman–Crippen LogP) is 3.73. The minimum atomic E-state index is -0.0868. The minimum Gasteiger partial charge on any atom is -0.349 e. The summed E-state index contributed by atoms with van der Waals surface area (Å²) >= 11 is 7.74. The van der Waals surface area contributed by atoms with Gasteiger partial charge in [0, 0.05) is 10.9 Å². The number of rotatable bonds is 4. The van der Waals surface area contributed by atoms with Gasteiger partial charge in [0.05, 0.1) is 10.6 Å². The first kappa shape index (κ1) is 18.6. The van der Waals surface area contributed by atoms with Gasteiger partial charge in [-0.05, 0) is 49.8 Å². The molecule has 1 fully saturated rings. The summed E-state index contributed by atoms with van der Waals surface area (Å²) in [5, 5.41) is 3.62. The van der Waals surface area contributed by atoms with Crippen molar-refractivity contribution < 1.29 is 4.79 Å². The Morgan fingerprint density at radius 1 is 1.43 bits per heavy atom. The van der Waals surface area contributed by atoms with E-state index >= 15 is 0 Å². The highest BCUT2D eigenvalue weighted by Gasteiger charge is 2.26. The number of nitrogens with one attached hydrogen (secondary N) is 1. The van der Waals surface area contributed by atoms with Gasteiger partial charge in [0.1, 0.15) is 0 Å². The van der Waals surface area contributed by atoms with E-state index in [9.17, 15) is 4.79 Å². The van der Waals surface area contributed by atoms with Crippen LogP contribution in [0.5, 0.6) is 0 Å². The summed E-state index contributed by atoms with van der Waals surface area (Å²) in [6.07, 6.45) is 6.45. The van der Waals surface area contributed by atoms with E-state index in [1.54, 1.807) is 17.8 Å². The Morgan fingerprint density at radius 3 is 2.81 bits per heavy atom. The van der Waals surface area contributed by atoms with Crippen molar-refractivity contribution in [3.05, 3.63) is 28.8 Å². The molecule has 1 aromatic carbocycles. The number of hydrogen-bond donors (Lipinski definition) is 2. The van der Waals surface area contributed by atoms with Crippen LogP contribution in [0.3, 0.4) is 0 Å². The molecule has 3 N–H and O–H groups in total. The summed E-state index contributed by atoms with van der Waals surface area (Å²) in [4.78, 5) is 13.5. The number of benzene rings is 1. The summed E-state index contributed by atoms with van der Waals surface area (Å²) in [6, 6.07) is 5.73. The molecule has 0 aromatic heterocycles. The quantitative estimate of drug-likeness (QED) is 0.815. The van der Waals surface area contributed by atoms with Gasteiger partial charge >= 0.3 is 0 Å². The summed E-state index contributed by atoms with van der Waals surface area (Å²) in [7, 11) is 0. The molecule has 118 valence electrons. The van der Waals surface area contributed by atoms with Gasteiger partial charge in [-0.25, -0.2) is 0 Å². The lowest BCUT2D eigenvalue weighted by molar-refractivity contribution is 0.0908. The van der Waals surface area contributed by atoms with Crippen LogP contribution < -0.4 is 11.1 Å². The van der Waals surface area contributed by atoms with Gasteiger partial charge in [0.25, 0.3) is 5.91 Å². The van der Waals surface area contributed by atoms with Crippen molar-refractivity contribution in [3.8, 4) is 0 Å². The Kier molecular flexibility index (Phi) is 7.88. The zero-order valence-corrected chi connectivity index (χ0v) is 14.5. The molecule has 0 aliphatic heterocycles. The average molecular weight is 349 g/mol. The lowest BCUT2D eigenvalue weighted by Crippen LogP contribution is -2.44. The Bertz CT molecular complexity index is 485. The molecule has 2 unspecified atom stereocenters. The molecule has 2 atom stereocenters. The van der Waals surface area contributed by atoms with Crippen LogP contribution >= 0.6 is 35.8 Å². The van der Waals surface area contributed by atoms with E-state index in [-0.39, 0.29) is 24.4 Å². The molecule has 2 rings (SSSR count). The number of carbonyl (C=O) groups excluding carboxylic acids is 1. The van der Waals surface area contributed by atoms with Crippen molar-refractivity contribution in [2.75, 3.05) is 12.8 Å². The maximum atomic E-state index is 12.4. The first-order chi connectivity index (χ1) is 9.65. The molecular weight excluding hydrogens is 327 g/mol. The van der Waals surface area contributed by atoms with E-state index in [1.807, 2.05) is 18.4 Å². The van der Waals surface area contributed by atoms with E-state index in [4.69, 9.17) is 17.3 Å². The van der Waals surface area contributed by atoms with Crippen LogP contribution in [-0.4, -0.2) is 24.7 Å². The van der Waals surface area contributed by atoms with Gasteiger partial charge < -0.3 is 11.1 Å². The van der Waals surface area contributed by atoms with Crippen LogP contribution in [-0.2, 0) is 0 Å². The van der Waals surface area contributed by atoms with E-state index in [0.717, 1.165) is 24.2 Å². The largest absolute Gasteiger partial charge is 0.349 e. The molecule has 1 aromatic rings. The summed E-state index contributed by atoms with van der Waals surface area (Å²) < 4.78 is 0. The van der Waals surface area contributed by atoms with Gasteiger partial charge in [-0.1, -0.05) is 24.4 Å². The van der Waals surface area contributed by atoms with Gasteiger partial charge in [0.2, 0.25) is 0 Å². The highest BCUT2D eigenvalue weighted by molar-refractivity contribution is 7.98. The van der Waals surface area contributed by atoms with Gasteiger partial charge in [-0.15, -0.1) is 24.2 Å². The van der Waals surface area contributed by atoms with Gasteiger partial charge in [-0.2, -0.15) is 0 Å². The Labute approximate surface area is 141 Å². The van der Waals surface area contributed by atoms with E-state index < -0.39 is 0 Å². The third-order valence-corrected chi connectivity index (χ3v) is 5.00. The van der Waals surface area contributed by atoms with Gasteiger partial charge in [0.15, 0.2) is 0 Å². The van der Waals surface area contributed by atoms with Crippen LogP contribution in [0.15, 0.2) is 23.1 Å². The number of carbonyl (C=O) groups is 1. The maximum absolute atomic E-state index is 12.4. The fraction of sp³-hybridized carbons (Fsp3) is 0.533. The lowest BCUT2D eigenvalue weighted by atomic mass is 9.84. The van der Waals surface area contributed by atoms with Crippen molar-refractivity contribution in [2.24, 2.45) is 11.7 Å². The molecule has 1 saturated carbocycles. The zero-order chi connectivity index (χ0) is 14.5. The van der Waals surface area contributed by atoms with E-state index in [2.05, 4.69) is 5.32 Å². The van der Waals surface area contributed by atoms with Crippen molar-refractivity contribution in [2.45, 2.75) is 36.6 Å². The SMILES string of the molecule is CSc1ccc(Cl)c(C(=O)NC2CCCCC2CN)c1.Cl. The molecule has 0 radical (unpaired) electrons. The first-order valence-electron chi connectivity index (χ1n) is 7.00. The highest BCUT2D eigenvalue weighted by atomic mass is 35.5. The normalized spacial score (nSPS) is 21.5. The molecule has 21 heavy (non-hydrogen) atoms. The molecule has 0 heterocycles. The molecule has 1 amide bonds. The summed E-state index contributed by atoms with van der Waals surface area (Å²) in [5.41, 5.74) is 6.36. The van der Waals surface area contributed by atoms with Crippen LogP contribution in [0.2, 0.25) is 5.02 Å². The third-order valence-electron chi connectivity index (χ3n) is 3.95. The van der Waals surface area contributed by atoms with Gasteiger partial charge in [-0.3, -0.25) is 4.79 Å². The smallest absolute Gasteiger partial charge is 0.253 e. The molecule has 1 aliphatic rings. The van der Waals surface area contributed by atoms with E-state index in [0.29, 0.717) is 23.0 Å². The second kappa shape index (κ2) is 8.89. The molecule has 0 spiro atoms. The summed E-state index contributed by atoms with van der Waals surface area (Å²) in [6.45, 7) is 0.629. The molecule has 0 bridgehead atoms. The topological polar surface area (TPSA) is 55.1 Å². The van der Waals surface area contributed by atoms with Crippen molar-refractivity contribution >= 4 is 41.7 Å². The van der Waals surface area contributed by atoms with Crippen LogP contribution in [0.4, 0.5) is 0 Å². The Balaban J connectivity index is 0.00000220.